The number of aryl methyl sites for hydroxylation is 1. The Labute approximate surface area is 159 Å². The standard InChI is InChI=1S/C22H24N2O3/c1-16(12-13-18-8-4-3-5-9-18)23-22(25)15-26-24-17(2)21-14-19-10-6-7-11-20(19)27-21/h3-11,14,16H,12-13,15H2,1-2H3,(H,23,25). The number of benzene rings is 2. The number of carbonyl (C=O) groups is 1. The van der Waals surface area contributed by atoms with Crippen LogP contribution in [0.1, 0.15) is 31.6 Å². The van der Waals surface area contributed by atoms with Gasteiger partial charge in [0.05, 0.1) is 0 Å². The number of amides is 1. The largest absolute Gasteiger partial charge is 0.455 e. The molecule has 3 rings (SSSR count). The summed E-state index contributed by atoms with van der Waals surface area (Å²) in [6.45, 7) is 3.66. The Morgan fingerprint density at radius 1 is 1.15 bits per heavy atom. The molecule has 0 aliphatic carbocycles. The average molecular weight is 364 g/mol. The van der Waals surface area contributed by atoms with Crippen LogP contribution in [0, 0.1) is 0 Å². The number of furan rings is 1. The van der Waals surface area contributed by atoms with Gasteiger partial charge in [-0.05, 0) is 44.4 Å². The first kappa shape index (κ1) is 18.7. The molecule has 1 atom stereocenters. The van der Waals surface area contributed by atoms with Crippen LogP contribution in [0.5, 0.6) is 0 Å². The maximum Gasteiger partial charge on any atom is 0.260 e. The Morgan fingerprint density at radius 3 is 2.67 bits per heavy atom. The zero-order valence-corrected chi connectivity index (χ0v) is 15.6. The summed E-state index contributed by atoms with van der Waals surface area (Å²) in [5.41, 5.74) is 2.66. The van der Waals surface area contributed by atoms with Gasteiger partial charge in [-0.2, -0.15) is 0 Å². The number of oxime groups is 1. The van der Waals surface area contributed by atoms with Crippen molar-refractivity contribution < 1.29 is 14.0 Å². The lowest BCUT2D eigenvalue weighted by molar-refractivity contribution is -0.126. The van der Waals surface area contributed by atoms with Crippen molar-refractivity contribution in [1.29, 1.82) is 0 Å². The van der Waals surface area contributed by atoms with Crippen molar-refractivity contribution in [3.05, 3.63) is 72.0 Å². The van der Waals surface area contributed by atoms with Gasteiger partial charge in [0.1, 0.15) is 11.3 Å². The second kappa shape index (κ2) is 9.03. The van der Waals surface area contributed by atoms with Gasteiger partial charge in [-0.3, -0.25) is 4.79 Å². The van der Waals surface area contributed by atoms with Crippen LogP contribution in [0.15, 0.2) is 70.2 Å². The van der Waals surface area contributed by atoms with Gasteiger partial charge in [0.2, 0.25) is 0 Å². The summed E-state index contributed by atoms with van der Waals surface area (Å²) < 4.78 is 5.71. The zero-order valence-electron chi connectivity index (χ0n) is 15.6. The second-order valence-electron chi connectivity index (χ2n) is 6.59. The lowest BCUT2D eigenvalue weighted by atomic mass is 10.1. The number of hydrogen-bond donors (Lipinski definition) is 1. The molecule has 1 amide bonds. The van der Waals surface area contributed by atoms with Crippen LogP contribution in [-0.2, 0) is 16.1 Å². The number of hydrogen-bond acceptors (Lipinski definition) is 4. The van der Waals surface area contributed by atoms with Crippen LogP contribution in [0.4, 0.5) is 0 Å². The molecule has 0 aliphatic heterocycles. The average Bonchev–Trinajstić information content (AvgIpc) is 3.11. The summed E-state index contributed by atoms with van der Waals surface area (Å²) in [7, 11) is 0. The molecule has 3 aromatic rings. The highest BCUT2D eigenvalue weighted by Gasteiger charge is 2.10. The first-order valence-corrected chi connectivity index (χ1v) is 9.10. The molecular formula is C22H24N2O3. The molecule has 1 heterocycles. The van der Waals surface area contributed by atoms with E-state index < -0.39 is 0 Å². The van der Waals surface area contributed by atoms with Crippen LogP contribution in [0.3, 0.4) is 0 Å². The van der Waals surface area contributed by atoms with E-state index in [0.29, 0.717) is 11.5 Å². The van der Waals surface area contributed by atoms with E-state index in [1.165, 1.54) is 5.56 Å². The SMILES string of the molecule is CC(=NOCC(=O)NC(C)CCc1ccccc1)c1cc2ccccc2o1. The highest BCUT2D eigenvalue weighted by atomic mass is 16.6. The second-order valence-corrected chi connectivity index (χ2v) is 6.59. The van der Waals surface area contributed by atoms with E-state index in [0.717, 1.165) is 23.8 Å². The number of nitrogens with zero attached hydrogens (tertiary/aromatic N) is 1. The predicted molar refractivity (Wildman–Crippen MR) is 107 cm³/mol. The first-order valence-electron chi connectivity index (χ1n) is 9.10. The number of carbonyl (C=O) groups excluding carboxylic acids is 1. The molecule has 5 nitrogen and oxygen atoms in total. The van der Waals surface area contributed by atoms with Crippen LogP contribution in [0.25, 0.3) is 11.0 Å². The Morgan fingerprint density at radius 2 is 1.89 bits per heavy atom. The molecule has 27 heavy (non-hydrogen) atoms. The van der Waals surface area contributed by atoms with Gasteiger partial charge in [-0.15, -0.1) is 0 Å². The Balaban J connectivity index is 1.43. The molecule has 1 N–H and O–H groups in total. The molecular weight excluding hydrogens is 340 g/mol. The van der Waals surface area contributed by atoms with E-state index >= 15 is 0 Å². The molecule has 1 unspecified atom stereocenters. The maximum absolute atomic E-state index is 12.0. The van der Waals surface area contributed by atoms with Crippen molar-refractivity contribution in [3.63, 3.8) is 0 Å². The first-order chi connectivity index (χ1) is 13.1. The summed E-state index contributed by atoms with van der Waals surface area (Å²) in [5.74, 6) is 0.449. The molecule has 0 fully saturated rings. The van der Waals surface area contributed by atoms with Crippen molar-refractivity contribution in [2.24, 2.45) is 5.16 Å². The quantitative estimate of drug-likeness (QED) is 0.478. The number of fused-ring (bicyclic) bond motifs is 1. The molecule has 2 aromatic carbocycles. The van der Waals surface area contributed by atoms with E-state index in [1.54, 1.807) is 6.92 Å². The van der Waals surface area contributed by atoms with Crippen molar-refractivity contribution in [2.45, 2.75) is 32.7 Å². The van der Waals surface area contributed by atoms with Gasteiger partial charge < -0.3 is 14.6 Å². The van der Waals surface area contributed by atoms with Gasteiger partial charge in [0.15, 0.2) is 12.4 Å². The number of rotatable bonds is 8. The molecule has 0 radical (unpaired) electrons. The van der Waals surface area contributed by atoms with Crippen molar-refractivity contribution in [3.8, 4) is 0 Å². The minimum Gasteiger partial charge on any atom is -0.455 e. The normalized spacial score (nSPS) is 12.7. The monoisotopic (exact) mass is 364 g/mol. The van der Waals surface area contributed by atoms with E-state index in [9.17, 15) is 4.79 Å². The fourth-order valence-corrected chi connectivity index (χ4v) is 2.81. The van der Waals surface area contributed by atoms with Crippen molar-refractivity contribution in [2.75, 3.05) is 6.61 Å². The predicted octanol–water partition coefficient (Wildman–Crippen LogP) is 4.31. The van der Waals surface area contributed by atoms with Gasteiger partial charge >= 0.3 is 0 Å². The zero-order chi connectivity index (χ0) is 19.1. The van der Waals surface area contributed by atoms with Crippen molar-refractivity contribution in [1.82, 2.24) is 5.32 Å². The summed E-state index contributed by atoms with van der Waals surface area (Å²) in [5, 5.41) is 7.93. The van der Waals surface area contributed by atoms with E-state index in [4.69, 9.17) is 9.25 Å². The molecule has 1 aromatic heterocycles. The van der Waals surface area contributed by atoms with Gasteiger partial charge in [0, 0.05) is 11.4 Å². The molecule has 0 saturated heterocycles. The fourth-order valence-electron chi connectivity index (χ4n) is 2.81. The smallest absolute Gasteiger partial charge is 0.260 e. The molecule has 5 heteroatoms. The third kappa shape index (κ3) is 5.45. The number of para-hydroxylation sites is 1. The molecule has 0 saturated carbocycles. The molecule has 0 bridgehead atoms. The summed E-state index contributed by atoms with van der Waals surface area (Å²) in [6.07, 6.45) is 1.80. The van der Waals surface area contributed by atoms with E-state index in [-0.39, 0.29) is 18.6 Å². The maximum atomic E-state index is 12.0. The third-order valence-corrected chi connectivity index (χ3v) is 4.30. The highest BCUT2D eigenvalue weighted by molar-refractivity contribution is 5.99. The van der Waals surface area contributed by atoms with Crippen LogP contribution in [-0.4, -0.2) is 24.3 Å². The number of nitrogens with one attached hydrogen (secondary N) is 1. The Bertz CT molecular complexity index is 882. The third-order valence-electron chi connectivity index (χ3n) is 4.30. The van der Waals surface area contributed by atoms with Gasteiger partial charge in [-0.25, -0.2) is 0 Å². The van der Waals surface area contributed by atoms with Crippen molar-refractivity contribution >= 4 is 22.6 Å². The van der Waals surface area contributed by atoms with Gasteiger partial charge in [0.25, 0.3) is 5.91 Å². The Hall–Kier alpha value is -3.08. The molecule has 0 aliphatic rings. The van der Waals surface area contributed by atoms with Crippen LogP contribution in [0.2, 0.25) is 0 Å². The summed E-state index contributed by atoms with van der Waals surface area (Å²) in [4.78, 5) is 17.2. The minimum absolute atomic E-state index is 0.0711. The lowest BCUT2D eigenvalue weighted by Crippen LogP contribution is -2.35. The summed E-state index contributed by atoms with van der Waals surface area (Å²) >= 11 is 0. The fraction of sp³-hybridized carbons (Fsp3) is 0.273. The topological polar surface area (TPSA) is 63.8 Å². The van der Waals surface area contributed by atoms with Gasteiger partial charge in [-0.1, -0.05) is 53.7 Å². The Kier molecular flexibility index (Phi) is 6.26. The van der Waals surface area contributed by atoms with E-state index in [1.807, 2.05) is 55.5 Å². The lowest BCUT2D eigenvalue weighted by Gasteiger charge is -2.13. The van der Waals surface area contributed by atoms with Crippen LogP contribution >= 0.6 is 0 Å². The van der Waals surface area contributed by atoms with E-state index in [2.05, 4.69) is 22.6 Å². The van der Waals surface area contributed by atoms with Crippen LogP contribution < -0.4 is 5.32 Å². The minimum atomic E-state index is -0.184. The highest BCUT2D eigenvalue weighted by Crippen LogP contribution is 2.19. The molecule has 0 spiro atoms. The molecule has 140 valence electrons. The summed E-state index contributed by atoms with van der Waals surface area (Å²) in [6, 6.07) is 19.9.